The second kappa shape index (κ2) is 8.13. The highest BCUT2D eigenvalue weighted by atomic mass is 32.1. The monoisotopic (exact) mass is 358 g/mol. The number of likely N-dealkylation sites (N-methyl/N-ethyl adjacent to an activating group) is 1. The highest BCUT2D eigenvalue weighted by Gasteiger charge is 2.08. The summed E-state index contributed by atoms with van der Waals surface area (Å²) in [6, 6.07) is 7.80. The van der Waals surface area contributed by atoms with E-state index in [1.807, 2.05) is 60.5 Å². The van der Waals surface area contributed by atoms with Crippen LogP contribution in [0.4, 0.5) is 0 Å². The molecule has 0 aliphatic heterocycles. The maximum absolute atomic E-state index is 12.1. The van der Waals surface area contributed by atoms with Crippen molar-refractivity contribution in [3.63, 3.8) is 0 Å². The number of benzene rings is 1. The number of fused-ring (bicyclic) bond motifs is 1. The summed E-state index contributed by atoms with van der Waals surface area (Å²) in [5, 5.41) is 4.90. The van der Waals surface area contributed by atoms with Crippen molar-refractivity contribution in [2.75, 3.05) is 27.2 Å². The Morgan fingerprint density at radius 3 is 2.84 bits per heavy atom. The van der Waals surface area contributed by atoms with Crippen molar-refractivity contribution < 1.29 is 9.53 Å². The van der Waals surface area contributed by atoms with E-state index in [-0.39, 0.29) is 5.91 Å². The van der Waals surface area contributed by atoms with Crippen LogP contribution < -0.4 is 10.1 Å². The minimum atomic E-state index is -0.0305. The first-order chi connectivity index (χ1) is 12.1. The maximum atomic E-state index is 12.1. The Balaban J connectivity index is 1.44. The summed E-state index contributed by atoms with van der Waals surface area (Å²) in [5.41, 5.74) is 1.83. The molecule has 0 radical (unpaired) electrons. The van der Waals surface area contributed by atoms with Gasteiger partial charge < -0.3 is 15.0 Å². The van der Waals surface area contributed by atoms with E-state index in [0.29, 0.717) is 19.6 Å². The summed E-state index contributed by atoms with van der Waals surface area (Å²) >= 11 is 1.56. The first-order valence-electron chi connectivity index (χ1n) is 8.14. The number of carbonyl (C=O) groups is 1. The van der Waals surface area contributed by atoms with Gasteiger partial charge in [-0.05, 0) is 31.8 Å². The maximum Gasteiger partial charge on any atom is 0.226 e. The standard InChI is InChI=1S/C18H22N4O2S/c1-21(2)7-9-24-16-5-3-14(4-6-16)12-19-17(23)11-15-13-22-8-10-25-18(22)20-15/h3-6,8,10,13H,7,9,11-12H2,1-2H3,(H,19,23). The Bertz CT molecular complexity index is 795. The highest BCUT2D eigenvalue weighted by Crippen LogP contribution is 2.13. The number of thiazole rings is 1. The van der Waals surface area contributed by atoms with Crippen LogP contribution in [0.5, 0.6) is 5.75 Å². The molecule has 6 nitrogen and oxygen atoms in total. The molecule has 0 bridgehead atoms. The SMILES string of the molecule is CN(C)CCOc1ccc(CNC(=O)Cc2cn3ccsc3n2)cc1. The van der Waals surface area contributed by atoms with Crippen molar-refractivity contribution in [3.05, 3.63) is 53.3 Å². The Hall–Kier alpha value is -2.38. The summed E-state index contributed by atoms with van der Waals surface area (Å²) in [6.07, 6.45) is 4.13. The van der Waals surface area contributed by atoms with E-state index in [2.05, 4.69) is 15.2 Å². The number of imidazole rings is 1. The van der Waals surface area contributed by atoms with Crippen LogP contribution in [0.1, 0.15) is 11.3 Å². The number of hydrogen-bond acceptors (Lipinski definition) is 5. The van der Waals surface area contributed by atoms with E-state index in [0.717, 1.165) is 28.5 Å². The van der Waals surface area contributed by atoms with Crippen molar-refractivity contribution >= 4 is 22.2 Å². The molecular weight excluding hydrogens is 336 g/mol. The van der Waals surface area contributed by atoms with E-state index in [9.17, 15) is 4.79 Å². The molecule has 0 spiro atoms. The number of rotatable bonds is 8. The lowest BCUT2D eigenvalue weighted by Crippen LogP contribution is -2.24. The van der Waals surface area contributed by atoms with Gasteiger partial charge >= 0.3 is 0 Å². The molecule has 25 heavy (non-hydrogen) atoms. The topological polar surface area (TPSA) is 58.9 Å². The smallest absolute Gasteiger partial charge is 0.226 e. The third-order valence-corrected chi connectivity index (χ3v) is 4.48. The van der Waals surface area contributed by atoms with Gasteiger partial charge in [0.1, 0.15) is 12.4 Å². The van der Waals surface area contributed by atoms with Crippen molar-refractivity contribution in [2.24, 2.45) is 0 Å². The molecule has 2 heterocycles. The van der Waals surface area contributed by atoms with Crippen LogP contribution in [0.3, 0.4) is 0 Å². The third kappa shape index (κ3) is 5.04. The number of nitrogens with one attached hydrogen (secondary N) is 1. The van der Waals surface area contributed by atoms with E-state index < -0.39 is 0 Å². The number of amides is 1. The molecule has 0 saturated heterocycles. The van der Waals surface area contributed by atoms with Crippen LogP contribution in [-0.2, 0) is 17.8 Å². The number of aromatic nitrogens is 2. The molecule has 1 amide bonds. The minimum absolute atomic E-state index is 0.0305. The van der Waals surface area contributed by atoms with Gasteiger partial charge in [-0.25, -0.2) is 4.98 Å². The molecule has 0 fully saturated rings. The highest BCUT2D eigenvalue weighted by molar-refractivity contribution is 7.15. The molecular formula is C18H22N4O2S. The Kier molecular flexibility index (Phi) is 5.67. The molecule has 0 aliphatic rings. The van der Waals surface area contributed by atoms with Crippen LogP contribution in [-0.4, -0.2) is 47.4 Å². The van der Waals surface area contributed by atoms with Gasteiger partial charge in [0, 0.05) is 30.9 Å². The van der Waals surface area contributed by atoms with Crippen LogP contribution in [0.15, 0.2) is 42.0 Å². The van der Waals surface area contributed by atoms with Crippen molar-refractivity contribution in [3.8, 4) is 5.75 Å². The molecule has 132 valence electrons. The van der Waals surface area contributed by atoms with Gasteiger partial charge in [-0.3, -0.25) is 9.20 Å². The van der Waals surface area contributed by atoms with E-state index in [1.165, 1.54) is 0 Å². The minimum Gasteiger partial charge on any atom is -0.492 e. The summed E-state index contributed by atoms with van der Waals surface area (Å²) in [7, 11) is 4.03. The van der Waals surface area contributed by atoms with Crippen LogP contribution >= 0.6 is 11.3 Å². The second-order valence-electron chi connectivity index (χ2n) is 6.07. The van der Waals surface area contributed by atoms with Gasteiger partial charge in [0.05, 0.1) is 12.1 Å². The first kappa shape index (κ1) is 17.4. The fraction of sp³-hybridized carbons (Fsp3) is 0.333. The number of carbonyl (C=O) groups excluding carboxylic acids is 1. The largest absolute Gasteiger partial charge is 0.492 e. The fourth-order valence-corrected chi connectivity index (χ4v) is 3.06. The number of ether oxygens (including phenoxy) is 1. The first-order valence-corrected chi connectivity index (χ1v) is 9.02. The molecule has 1 aromatic carbocycles. The van der Waals surface area contributed by atoms with Gasteiger partial charge in [-0.2, -0.15) is 0 Å². The van der Waals surface area contributed by atoms with Gasteiger partial charge in [0.2, 0.25) is 5.91 Å². The molecule has 7 heteroatoms. The number of hydrogen-bond donors (Lipinski definition) is 1. The molecule has 3 rings (SSSR count). The lowest BCUT2D eigenvalue weighted by Gasteiger charge is -2.11. The average molecular weight is 358 g/mol. The molecule has 0 saturated carbocycles. The Morgan fingerprint density at radius 2 is 2.12 bits per heavy atom. The summed E-state index contributed by atoms with van der Waals surface area (Å²) in [5.74, 6) is 0.812. The van der Waals surface area contributed by atoms with Gasteiger partial charge in [0.15, 0.2) is 4.96 Å². The van der Waals surface area contributed by atoms with Crippen LogP contribution in [0.2, 0.25) is 0 Å². The summed E-state index contributed by atoms with van der Waals surface area (Å²) in [6.45, 7) is 2.04. The van der Waals surface area contributed by atoms with Crippen molar-refractivity contribution in [2.45, 2.75) is 13.0 Å². The zero-order valence-electron chi connectivity index (χ0n) is 14.4. The fourth-order valence-electron chi connectivity index (χ4n) is 2.34. The quantitative estimate of drug-likeness (QED) is 0.671. The normalized spacial score (nSPS) is 11.2. The molecule has 1 N–H and O–H groups in total. The molecule has 0 aliphatic carbocycles. The second-order valence-corrected chi connectivity index (χ2v) is 6.95. The third-order valence-electron chi connectivity index (χ3n) is 3.71. The Morgan fingerprint density at radius 1 is 1.32 bits per heavy atom. The zero-order valence-corrected chi connectivity index (χ0v) is 15.3. The van der Waals surface area contributed by atoms with Gasteiger partial charge in [-0.1, -0.05) is 12.1 Å². The molecule has 3 aromatic rings. The van der Waals surface area contributed by atoms with Crippen molar-refractivity contribution in [1.29, 1.82) is 0 Å². The predicted molar refractivity (Wildman–Crippen MR) is 99.1 cm³/mol. The summed E-state index contributed by atoms with van der Waals surface area (Å²) < 4.78 is 7.59. The number of nitrogens with zero attached hydrogens (tertiary/aromatic N) is 3. The Labute approximate surface area is 151 Å². The predicted octanol–water partition coefficient (Wildman–Crippen LogP) is 2.20. The molecule has 2 aromatic heterocycles. The lowest BCUT2D eigenvalue weighted by molar-refractivity contribution is -0.120. The summed E-state index contributed by atoms with van der Waals surface area (Å²) in [4.78, 5) is 19.5. The molecule has 0 atom stereocenters. The van der Waals surface area contributed by atoms with Crippen LogP contribution in [0, 0.1) is 0 Å². The average Bonchev–Trinajstić information content (AvgIpc) is 3.15. The van der Waals surface area contributed by atoms with Gasteiger partial charge in [0.25, 0.3) is 0 Å². The van der Waals surface area contributed by atoms with Crippen LogP contribution in [0.25, 0.3) is 4.96 Å². The van der Waals surface area contributed by atoms with Gasteiger partial charge in [-0.15, -0.1) is 11.3 Å². The van der Waals surface area contributed by atoms with E-state index in [1.54, 1.807) is 11.3 Å². The van der Waals surface area contributed by atoms with Crippen molar-refractivity contribution in [1.82, 2.24) is 19.6 Å². The molecule has 0 unspecified atom stereocenters. The lowest BCUT2D eigenvalue weighted by atomic mass is 10.2. The zero-order chi connectivity index (χ0) is 17.6. The van der Waals surface area contributed by atoms with E-state index >= 15 is 0 Å². The van der Waals surface area contributed by atoms with E-state index in [4.69, 9.17) is 4.74 Å².